The fourth-order valence-electron chi connectivity index (χ4n) is 2.43. The van der Waals surface area contributed by atoms with Crippen molar-refractivity contribution in [2.75, 3.05) is 7.11 Å². The van der Waals surface area contributed by atoms with Crippen molar-refractivity contribution in [1.82, 2.24) is 5.32 Å². The number of halogens is 3. The normalized spacial score (nSPS) is 12.3. The number of hydrogen-bond acceptors (Lipinski definition) is 3. The quantitative estimate of drug-likeness (QED) is 0.374. The summed E-state index contributed by atoms with van der Waals surface area (Å²) in [6, 6.07) is 3.02. The molecule has 144 valence electrons. The number of carbonyl (C=O) groups is 2. The first-order valence-electron chi connectivity index (χ1n) is 8.46. The largest absolute Gasteiger partial charge is 0.467 e. The number of unbranched alkanes of at least 4 members (excludes halogenated alkanes) is 4. The van der Waals surface area contributed by atoms with Gasteiger partial charge in [0.05, 0.1) is 12.7 Å². The molecule has 0 saturated carbocycles. The Balaban J connectivity index is 2.62. The first kappa shape index (κ1) is 21.7. The van der Waals surface area contributed by atoms with Gasteiger partial charge in [-0.05, 0) is 43.5 Å². The van der Waals surface area contributed by atoms with Gasteiger partial charge in [0.15, 0.2) is 0 Å². The number of benzene rings is 1. The average molecular weight is 371 g/mol. The third-order valence-corrected chi connectivity index (χ3v) is 3.92. The van der Waals surface area contributed by atoms with Crippen molar-refractivity contribution in [2.45, 2.75) is 50.7 Å². The van der Waals surface area contributed by atoms with Crippen LogP contribution in [0.5, 0.6) is 0 Å². The van der Waals surface area contributed by atoms with Crippen LogP contribution in [0.2, 0.25) is 0 Å². The van der Waals surface area contributed by atoms with Gasteiger partial charge < -0.3 is 10.1 Å². The Kier molecular flexibility index (Phi) is 8.88. The second-order valence-corrected chi connectivity index (χ2v) is 5.90. The van der Waals surface area contributed by atoms with Crippen molar-refractivity contribution < 1.29 is 27.5 Å². The molecule has 0 aliphatic carbocycles. The van der Waals surface area contributed by atoms with Gasteiger partial charge in [-0.15, -0.1) is 6.58 Å². The van der Waals surface area contributed by atoms with Gasteiger partial charge in [0, 0.05) is 5.56 Å². The van der Waals surface area contributed by atoms with E-state index >= 15 is 0 Å². The van der Waals surface area contributed by atoms with Crippen molar-refractivity contribution in [3.8, 4) is 0 Å². The second kappa shape index (κ2) is 10.6. The maximum atomic E-state index is 12.6. The van der Waals surface area contributed by atoms with Crippen LogP contribution >= 0.6 is 0 Å². The summed E-state index contributed by atoms with van der Waals surface area (Å²) >= 11 is 0. The minimum absolute atomic E-state index is 0.0536. The Hall–Kier alpha value is -2.31. The number of rotatable bonds is 10. The molecule has 1 amide bonds. The highest BCUT2D eigenvalue weighted by Crippen LogP contribution is 2.29. The highest BCUT2D eigenvalue weighted by molar-refractivity contribution is 5.96. The number of alkyl halides is 3. The first-order chi connectivity index (χ1) is 12.3. The van der Waals surface area contributed by atoms with Crippen LogP contribution in [0, 0.1) is 0 Å². The number of nitrogens with one attached hydrogen (secondary N) is 1. The van der Waals surface area contributed by atoms with E-state index in [1.165, 1.54) is 7.11 Å². The van der Waals surface area contributed by atoms with Crippen LogP contribution in [-0.4, -0.2) is 25.0 Å². The van der Waals surface area contributed by atoms with E-state index in [1.54, 1.807) is 0 Å². The molecule has 1 rings (SSSR count). The van der Waals surface area contributed by atoms with Crippen molar-refractivity contribution in [3.63, 3.8) is 0 Å². The van der Waals surface area contributed by atoms with E-state index < -0.39 is 29.7 Å². The number of methoxy groups -OCH3 is 1. The fourth-order valence-corrected chi connectivity index (χ4v) is 2.43. The third kappa shape index (κ3) is 7.29. The van der Waals surface area contributed by atoms with Crippen molar-refractivity contribution in [3.05, 3.63) is 48.0 Å². The Morgan fingerprint density at radius 3 is 2.31 bits per heavy atom. The highest BCUT2D eigenvalue weighted by atomic mass is 19.4. The number of ether oxygens (including phenoxy) is 1. The summed E-state index contributed by atoms with van der Waals surface area (Å²) in [7, 11) is 1.23. The van der Waals surface area contributed by atoms with E-state index in [2.05, 4.69) is 11.9 Å². The molecular formula is C19H24F3NO3. The second-order valence-electron chi connectivity index (χ2n) is 5.90. The lowest BCUT2D eigenvalue weighted by atomic mass is 10.1. The van der Waals surface area contributed by atoms with Crippen LogP contribution in [0.4, 0.5) is 13.2 Å². The van der Waals surface area contributed by atoms with Crippen LogP contribution in [0.15, 0.2) is 36.9 Å². The van der Waals surface area contributed by atoms with E-state index in [0.29, 0.717) is 6.42 Å². The number of allylic oxidation sites excluding steroid dienone is 1. The molecule has 0 fully saturated rings. The lowest BCUT2D eigenvalue weighted by molar-refractivity contribution is -0.143. The molecule has 0 radical (unpaired) electrons. The zero-order chi connectivity index (χ0) is 19.6. The molecule has 0 aliphatic rings. The van der Waals surface area contributed by atoms with Gasteiger partial charge in [0.1, 0.15) is 6.04 Å². The lowest BCUT2D eigenvalue weighted by Crippen LogP contribution is -2.41. The van der Waals surface area contributed by atoms with Crippen LogP contribution in [0.1, 0.15) is 54.4 Å². The van der Waals surface area contributed by atoms with E-state index in [0.717, 1.165) is 56.4 Å². The molecule has 1 N–H and O–H groups in total. The zero-order valence-corrected chi connectivity index (χ0v) is 14.8. The Morgan fingerprint density at radius 1 is 1.15 bits per heavy atom. The summed E-state index contributed by atoms with van der Waals surface area (Å²) in [5.74, 6) is -1.18. The van der Waals surface area contributed by atoms with E-state index in [9.17, 15) is 22.8 Å². The van der Waals surface area contributed by atoms with Crippen LogP contribution in [0.25, 0.3) is 0 Å². The first-order valence-corrected chi connectivity index (χ1v) is 8.46. The monoisotopic (exact) mass is 371 g/mol. The molecule has 0 spiro atoms. The highest BCUT2D eigenvalue weighted by Gasteiger charge is 2.30. The number of carbonyl (C=O) groups excluding carboxylic acids is 2. The SMILES string of the molecule is C=CCCCCCC[C@@H](NC(=O)c1ccc(C(F)(F)F)cc1)C(=O)OC. The summed E-state index contributed by atoms with van der Waals surface area (Å²) in [5.41, 5.74) is -0.782. The van der Waals surface area contributed by atoms with Crippen LogP contribution < -0.4 is 5.32 Å². The number of esters is 1. The Bertz CT molecular complexity index is 597. The summed E-state index contributed by atoms with van der Waals surface area (Å²) < 4.78 is 42.4. The van der Waals surface area contributed by atoms with Gasteiger partial charge in [-0.2, -0.15) is 13.2 Å². The van der Waals surface area contributed by atoms with E-state index in [-0.39, 0.29) is 5.56 Å². The van der Waals surface area contributed by atoms with E-state index in [1.807, 2.05) is 6.08 Å². The number of hydrogen-bond donors (Lipinski definition) is 1. The molecule has 0 aliphatic heterocycles. The van der Waals surface area contributed by atoms with Gasteiger partial charge in [-0.1, -0.05) is 25.3 Å². The van der Waals surface area contributed by atoms with Gasteiger partial charge in [-0.3, -0.25) is 4.79 Å². The van der Waals surface area contributed by atoms with E-state index in [4.69, 9.17) is 4.74 Å². The molecule has 0 aromatic heterocycles. The molecule has 26 heavy (non-hydrogen) atoms. The smallest absolute Gasteiger partial charge is 0.416 e. The summed E-state index contributed by atoms with van der Waals surface area (Å²) in [5, 5.41) is 2.53. The minimum atomic E-state index is -4.46. The van der Waals surface area contributed by atoms with Gasteiger partial charge in [0.25, 0.3) is 5.91 Å². The third-order valence-electron chi connectivity index (χ3n) is 3.92. The molecule has 1 aromatic carbocycles. The molecule has 1 aromatic rings. The standard InChI is InChI=1S/C19H24F3NO3/c1-3-4-5-6-7-8-9-16(18(25)26-2)23-17(24)14-10-12-15(13-11-14)19(20,21)22/h3,10-13,16H,1,4-9H2,2H3,(H,23,24)/t16-/m1/s1. The maximum absolute atomic E-state index is 12.6. The van der Waals surface area contributed by atoms with Gasteiger partial charge in [-0.25, -0.2) is 4.79 Å². The van der Waals surface area contributed by atoms with Crippen molar-refractivity contribution in [2.24, 2.45) is 0 Å². The van der Waals surface area contributed by atoms with Gasteiger partial charge >= 0.3 is 12.1 Å². The van der Waals surface area contributed by atoms with Gasteiger partial charge in [0.2, 0.25) is 0 Å². The van der Waals surface area contributed by atoms with Crippen molar-refractivity contribution in [1.29, 1.82) is 0 Å². The minimum Gasteiger partial charge on any atom is -0.467 e. The Morgan fingerprint density at radius 2 is 1.77 bits per heavy atom. The summed E-state index contributed by atoms with van der Waals surface area (Å²) in [4.78, 5) is 24.0. The topological polar surface area (TPSA) is 55.4 Å². The molecule has 0 saturated heterocycles. The molecule has 0 bridgehead atoms. The fraction of sp³-hybridized carbons (Fsp3) is 0.474. The summed E-state index contributed by atoms with van der Waals surface area (Å²) in [6.45, 7) is 3.65. The molecular weight excluding hydrogens is 347 g/mol. The molecule has 0 heterocycles. The summed E-state index contributed by atoms with van der Waals surface area (Å²) in [6.07, 6.45) is 2.37. The predicted molar refractivity (Wildman–Crippen MR) is 92.6 cm³/mol. The predicted octanol–water partition coefficient (Wildman–Crippen LogP) is 4.50. The molecule has 7 heteroatoms. The zero-order valence-electron chi connectivity index (χ0n) is 14.8. The Labute approximate surface area is 151 Å². The van der Waals surface area contributed by atoms with Crippen molar-refractivity contribution >= 4 is 11.9 Å². The molecule has 4 nitrogen and oxygen atoms in total. The van der Waals surface area contributed by atoms with Crippen LogP contribution in [0.3, 0.4) is 0 Å². The van der Waals surface area contributed by atoms with Crippen LogP contribution in [-0.2, 0) is 15.7 Å². The number of amides is 1. The lowest BCUT2D eigenvalue weighted by Gasteiger charge is -2.16. The molecule has 1 atom stereocenters. The maximum Gasteiger partial charge on any atom is 0.416 e. The average Bonchev–Trinajstić information content (AvgIpc) is 2.62. The molecule has 0 unspecified atom stereocenters.